The minimum Gasteiger partial charge on any atom is -0.445 e. The zero-order valence-corrected chi connectivity index (χ0v) is 18.1. The molecule has 3 rings (SSSR count). The summed E-state index contributed by atoms with van der Waals surface area (Å²) in [5.41, 5.74) is 1.46. The van der Waals surface area contributed by atoms with Crippen LogP contribution in [0.2, 0.25) is 0 Å². The number of thioether (sulfide) groups is 1. The number of alkyl carbamates (subject to hydrolysis) is 1. The van der Waals surface area contributed by atoms with Crippen LogP contribution >= 0.6 is 11.8 Å². The molecule has 2 aromatic carbocycles. The standard InChI is InChI=1S/C23H23NO6S/c1-15-12-21(25)30-20-13-17(8-9-18(15)20)29-22(26)19(10-11-31-2)24-23(27)28-14-16-6-4-3-5-7-16/h3-9,12-13,19H,10-11,14H2,1-2H3,(H,24,27). The molecule has 0 fully saturated rings. The number of carbonyl (C=O) groups excluding carboxylic acids is 2. The molecule has 3 aromatic rings. The lowest BCUT2D eigenvalue weighted by molar-refractivity contribution is -0.136. The number of aryl methyl sites for hydroxylation is 1. The van der Waals surface area contributed by atoms with Crippen LogP contribution in [0, 0.1) is 6.92 Å². The maximum Gasteiger partial charge on any atom is 0.408 e. The van der Waals surface area contributed by atoms with Crippen LogP contribution in [0.4, 0.5) is 4.79 Å². The summed E-state index contributed by atoms with van der Waals surface area (Å²) >= 11 is 1.55. The monoisotopic (exact) mass is 441 g/mol. The molecular weight excluding hydrogens is 418 g/mol. The number of carbonyl (C=O) groups is 2. The first kappa shape index (κ1) is 22.4. The minimum absolute atomic E-state index is 0.0972. The number of benzene rings is 2. The van der Waals surface area contributed by atoms with Crippen LogP contribution in [-0.4, -0.2) is 30.1 Å². The largest absolute Gasteiger partial charge is 0.445 e. The van der Waals surface area contributed by atoms with Crippen LogP contribution in [0.1, 0.15) is 17.5 Å². The van der Waals surface area contributed by atoms with Crippen LogP contribution in [0.25, 0.3) is 11.0 Å². The van der Waals surface area contributed by atoms with E-state index in [0.717, 1.165) is 16.5 Å². The van der Waals surface area contributed by atoms with Crippen molar-refractivity contribution in [1.82, 2.24) is 5.32 Å². The fourth-order valence-corrected chi connectivity index (χ4v) is 3.42. The highest BCUT2D eigenvalue weighted by Crippen LogP contribution is 2.22. The van der Waals surface area contributed by atoms with E-state index in [-0.39, 0.29) is 12.4 Å². The van der Waals surface area contributed by atoms with Gasteiger partial charge in [-0.1, -0.05) is 30.3 Å². The van der Waals surface area contributed by atoms with E-state index >= 15 is 0 Å². The Labute approximate surface area is 183 Å². The van der Waals surface area contributed by atoms with Crippen LogP contribution in [0.3, 0.4) is 0 Å². The summed E-state index contributed by atoms with van der Waals surface area (Å²) in [7, 11) is 0. The minimum atomic E-state index is -0.879. The summed E-state index contributed by atoms with van der Waals surface area (Å²) < 4.78 is 15.8. The van der Waals surface area contributed by atoms with E-state index < -0.39 is 23.7 Å². The Balaban J connectivity index is 1.66. The Morgan fingerprint density at radius 2 is 1.90 bits per heavy atom. The SMILES string of the molecule is CSCCC(NC(=O)OCc1ccccc1)C(=O)Oc1ccc2c(C)cc(=O)oc2c1. The van der Waals surface area contributed by atoms with Crippen LogP contribution < -0.4 is 15.7 Å². The van der Waals surface area contributed by atoms with Crippen LogP contribution in [0.5, 0.6) is 5.75 Å². The van der Waals surface area contributed by atoms with E-state index in [1.165, 1.54) is 12.1 Å². The molecule has 1 aromatic heterocycles. The third-order valence-electron chi connectivity index (χ3n) is 4.54. The first-order valence-electron chi connectivity index (χ1n) is 9.68. The van der Waals surface area contributed by atoms with Crippen molar-refractivity contribution in [1.29, 1.82) is 0 Å². The van der Waals surface area contributed by atoms with Gasteiger partial charge < -0.3 is 19.2 Å². The molecular formula is C23H23NO6S. The summed E-state index contributed by atoms with van der Waals surface area (Å²) in [6.45, 7) is 1.90. The number of hydrogen-bond donors (Lipinski definition) is 1. The summed E-state index contributed by atoms with van der Waals surface area (Å²) in [6.07, 6.45) is 1.58. The highest BCUT2D eigenvalue weighted by molar-refractivity contribution is 7.98. The van der Waals surface area contributed by atoms with Crippen molar-refractivity contribution < 1.29 is 23.5 Å². The first-order chi connectivity index (χ1) is 15.0. The summed E-state index contributed by atoms with van der Waals surface area (Å²) in [4.78, 5) is 36.5. The average molecular weight is 442 g/mol. The summed E-state index contributed by atoms with van der Waals surface area (Å²) in [6, 6.07) is 14.6. The van der Waals surface area contributed by atoms with Crippen LogP contribution in [0.15, 0.2) is 63.8 Å². The fraction of sp³-hybridized carbons (Fsp3) is 0.261. The number of esters is 1. The van der Waals surface area contributed by atoms with Gasteiger partial charge in [0.25, 0.3) is 0 Å². The van der Waals surface area contributed by atoms with Gasteiger partial charge in [-0.15, -0.1) is 0 Å². The molecule has 7 nitrogen and oxygen atoms in total. The highest BCUT2D eigenvalue weighted by Gasteiger charge is 2.23. The fourth-order valence-electron chi connectivity index (χ4n) is 2.95. The molecule has 31 heavy (non-hydrogen) atoms. The molecule has 1 amide bonds. The molecule has 0 aliphatic heterocycles. The maximum absolute atomic E-state index is 12.7. The molecule has 8 heteroatoms. The molecule has 1 atom stereocenters. The normalized spacial score (nSPS) is 11.7. The zero-order chi connectivity index (χ0) is 22.2. The van der Waals surface area contributed by atoms with Gasteiger partial charge in [0.2, 0.25) is 0 Å². The topological polar surface area (TPSA) is 94.8 Å². The summed E-state index contributed by atoms with van der Waals surface area (Å²) in [5, 5.41) is 3.33. The number of nitrogens with one attached hydrogen (secondary N) is 1. The van der Waals surface area contributed by atoms with Crippen molar-refractivity contribution in [3.63, 3.8) is 0 Å². The van der Waals surface area contributed by atoms with Gasteiger partial charge in [-0.05, 0) is 48.6 Å². The molecule has 0 saturated carbocycles. The molecule has 1 unspecified atom stereocenters. The van der Waals surface area contributed by atoms with Crippen molar-refractivity contribution in [2.24, 2.45) is 0 Å². The van der Waals surface area contributed by atoms with E-state index in [4.69, 9.17) is 13.9 Å². The third kappa shape index (κ3) is 6.36. The predicted molar refractivity (Wildman–Crippen MR) is 119 cm³/mol. The van der Waals surface area contributed by atoms with Crippen molar-refractivity contribution in [3.05, 3.63) is 76.1 Å². The molecule has 162 valence electrons. The van der Waals surface area contributed by atoms with Gasteiger partial charge in [0, 0.05) is 17.5 Å². The lowest BCUT2D eigenvalue weighted by Crippen LogP contribution is -2.43. The van der Waals surface area contributed by atoms with E-state index in [1.807, 2.05) is 36.6 Å². The van der Waals surface area contributed by atoms with Gasteiger partial charge in [0.1, 0.15) is 24.0 Å². The molecule has 0 bridgehead atoms. The first-order valence-corrected chi connectivity index (χ1v) is 11.1. The van der Waals surface area contributed by atoms with Crippen molar-refractivity contribution in [2.75, 3.05) is 12.0 Å². The molecule has 0 aliphatic carbocycles. The third-order valence-corrected chi connectivity index (χ3v) is 5.19. The smallest absolute Gasteiger partial charge is 0.408 e. The van der Waals surface area contributed by atoms with Crippen LogP contribution in [-0.2, 0) is 16.1 Å². The molecule has 0 saturated heterocycles. The van der Waals surface area contributed by atoms with E-state index in [2.05, 4.69) is 5.32 Å². The van der Waals surface area contributed by atoms with E-state index in [1.54, 1.807) is 30.8 Å². The molecule has 0 radical (unpaired) electrons. The molecule has 0 spiro atoms. The quantitative estimate of drug-likeness (QED) is 0.320. The Bertz CT molecular complexity index is 1110. The van der Waals surface area contributed by atoms with Gasteiger partial charge in [-0.25, -0.2) is 14.4 Å². The number of rotatable bonds is 8. The second-order valence-electron chi connectivity index (χ2n) is 6.87. The van der Waals surface area contributed by atoms with Gasteiger partial charge in [-0.3, -0.25) is 0 Å². The Kier molecular flexibility index (Phi) is 7.72. The van der Waals surface area contributed by atoms with Crippen molar-refractivity contribution in [2.45, 2.75) is 26.0 Å². The number of fused-ring (bicyclic) bond motifs is 1. The highest BCUT2D eigenvalue weighted by atomic mass is 32.2. The number of amides is 1. The summed E-state index contributed by atoms with van der Waals surface area (Å²) in [5.74, 6) is 0.241. The maximum atomic E-state index is 12.7. The molecule has 0 aliphatic rings. The van der Waals surface area contributed by atoms with Crippen molar-refractivity contribution >= 4 is 34.8 Å². The lowest BCUT2D eigenvalue weighted by Gasteiger charge is -2.17. The van der Waals surface area contributed by atoms with Gasteiger partial charge >= 0.3 is 17.7 Å². The van der Waals surface area contributed by atoms with Gasteiger partial charge in [0.05, 0.1) is 0 Å². The van der Waals surface area contributed by atoms with E-state index in [9.17, 15) is 14.4 Å². The Hall–Kier alpha value is -3.26. The molecule has 1 N–H and O–H groups in total. The molecule has 1 heterocycles. The second-order valence-corrected chi connectivity index (χ2v) is 7.85. The number of ether oxygens (including phenoxy) is 2. The zero-order valence-electron chi connectivity index (χ0n) is 17.3. The average Bonchev–Trinajstić information content (AvgIpc) is 2.75. The predicted octanol–water partition coefficient (Wildman–Crippen LogP) is 4.05. The Morgan fingerprint density at radius 3 is 2.65 bits per heavy atom. The van der Waals surface area contributed by atoms with Crippen molar-refractivity contribution in [3.8, 4) is 5.75 Å². The van der Waals surface area contributed by atoms with Gasteiger partial charge in [0.15, 0.2) is 0 Å². The van der Waals surface area contributed by atoms with E-state index in [0.29, 0.717) is 17.8 Å². The lowest BCUT2D eigenvalue weighted by atomic mass is 10.1. The number of hydrogen-bond acceptors (Lipinski definition) is 7. The Morgan fingerprint density at radius 1 is 1.13 bits per heavy atom. The van der Waals surface area contributed by atoms with Gasteiger partial charge in [-0.2, -0.15) is 11.8 Å². The second kappa shape index (κ2) is 10.7.